The van der Waals surface area contributed by atoms with Gasteiger partial charge in [-0.1, -0.05) is 60.1 Å². The van der Waals surface area contributed by atoms with Gasteiger partial charge in [0, 0.05) is 17.3 Å². The second-order valence-electron chi connectivity index (χ2n) is 6.48. The van der Waals surface area contributed by atoms with E-state index in [9.17, 15) is 9.59 Å². The lowest BCUT2D eigenvalue weighted by molar-refractivity contribution is 0.0160. The van der Waals surface area contributed by atoms with Gasteiger partial charge in [-0.15, -0.1) is 0 Å². The van der Waals surface area contributed by atoms with Crippen LogP contribution in [0.15, 0.2) is 72.9 Å². The second kappa shape index (κ2) is 7.82. The van der Waals surface area contributed by atoms with Crippen LogP contribution in [0.5, 0.6) is 5.88 Å². The van der Waals surface area contributed by atoms with Gasteiger partial charge in [0.1, 0.15) is 11.1 Å². The maximum atomic E-state index is 12.9. The summed E-state index contributed by atoms with van der Waals surface area (Å²) in [6.07, 6.45) is 1.43. The van der Waals surface area contributed by atoms with Crippen LogP contribution in [0.2, 0.25) is 5.02 Å². The Bertz CT molecular complexity index is 1020. The second-order valence-corrected chi connectivity index (χ2v) is 6.89. The van der Waals surface area contributed by atoms with E-state index < -0.39 is 0 Å². The quantitative estimate of drug-likeness (QED) is 0.618. The third kappa shape index (κ3) is 3.62. The zero-order valence-electron chi connectivity index (χ0n) is 14.9. The van der Waals surface area contributed by atoms with Crippen LogP contribution in [0.1, 0.15) is 26.3 Å². The Kier molecular flexibility index (Phi) is 5.08. The fourth-order valence-electron chi connectivity index (χ4n) is 3.08. The molecule has 1 aromatic heterocycles. The van der Waals surface area contributed by atoms with Gasteiger partial charge in [0.15, 0.2) is 5.78 Å². The molecule has 0 saturated carbocycles. The number of hydrogen-bond donors (Lipinski definition) is 0. The van der Waals surface area contributed by atoms with Gasteiger partial charge in [0.2, 0.25) is 5.88 Å². The highest BCUT2D eigenvalue weighted by Crippen LogP contribution is 2.25. The van der Waals surface area contributed by atoms with Crippen molar-refractivity contribution in [3.63, 3.8) is 0 Å². The molecule has 0 spiro atoms. The number of aromatic nitrogens is 1. The third-order valence-corrected chi connectivity index (χ3v) is 4.86. The zero-order valence-corrected chi connectivity index (χ0v) is 15.7. The lowest BCUT2D eigenvalue weighted by Crippen LogP contribution is -2.56. The van der Waals surface area contributed by atoms with Gasteiger partial charge in [-0.3, -0.25) is 9.59 Å². The van der Waals surface area contributed by atoms with E-state index in [0.717, 1.165) is 0 Å². The molecule has 1 aliphatic heterocycles. The summed E-state index contributed by atoms with van der Waals surface area (Å²) in [5, 5.41) is 0.436. The number of ketones is 1. The molecule has 0 N–H and O–H groups in total. The molecule has 0 aliphatic carbocycles. The first kappa shape index (κ1) is 18.2. The molecule has 0 bridgehead atoms. The van der Waals surface area contributed by atoms with E-state index in [-0.39, 0.29) is 17.8 Å². The van der Waals surface area contributed by atoms with E-state index >= 15 is 0 Å². The van der Waals surface area contributed by atoms with Crippen molar-refractivity contribution in [2.75, 3.05) is 13.1 Å². The Balaban J connectivity index is 1.47. The molecular weight excluding hydrogens is 376 g/mol. The molecule has 3 aromatic rings. The topological polar surface area (TPSA) is 59.5 Å². The fourth-order valence-corrected chi connectivity index (χ4v) is 3.24. The number of carbonyl (C=O) groups is 2. The van der Waals surface area contributed by atoms with Crippen LogP contribution in [0.4, 0.5) is 0 Å². The predicted octanol–water partition coefficient (Wildman–Crippen LogP) is 3.87. The van der Waals surface area contributed by atoms with Crippen LogP contribution in [0, 0.1) is 0 Å². The minimum absolute atomic E-state index is 0.168. The molecule has 2 heterocycles. The van der Waals surface area contributed by atoms with E-state index in [2.05, 4.69) is 4.98 Å². The molecule has 0 unspecified atom stereocenters. The number of halogens is 1. The largest absolute Gasteiger partial charge is 0.470 e. The molecular formula is C22H17ClN2O3. The maximum absolute atomic E-state index is 12.9. The minimum Gasteiger partial charge on any atom is -0.470 e. The lowest BCUT2D eigenvalue weighted by Gasteiger charge is -2.39. The first-order chi connectivity index (χ1) is 13.6. The average molecular weight is 393 g/mol. The number of hydrogen-bond acceptors (Lipinski definition) is 4. The Morgan fingerprint density at radius 2 is 1.61 bits per heavy atom. The highest BCUT2D eigenvalue weighted by Gasteiger charge is 2.34. The summed E-state index contributed by atoms with van der Waals surface area (Å²) < 4.78 is 5.74. The molecule has 28 heavy (non-hydrogen) atoms. The molecule has 1 fully saturated rings. The van der Waals surface area contributed by atoms with Gasteiger partial charge in [0.05, 0.1) is 18.7 Å². The average Bonchev–Trinajstić information content (AvgIpc) is 2.71. The van der Waals surface area contributed by atoms with E-state index in [0.29, 0.717) is 40.7 Å². The van der Waals surface area contributed by atoms with Crippen molar-refractivity contribution < 1.29 is 14.3 Å². The fraction of sp³-hybridized carbons (Fsp3) is 0.136. The maximum Gasteiger partial charge on any atom is 0.254 e. The van der Waals surface area contributed by atoms with Crippen molar-refractivity contribution >= 4 is 23.3 Å². The number of carbonyl (C=O) groups excluding carboxylic acids is 2. The number of rotatable bonds is 5. The first-order valence-electron chi connectivity index (χ1n) is 8.88. The molecule has 5 nitrogen and oxygen atoms in total. The summed E-state index contributed by atoms with van der Waals surface area (Å²) >= 11 is 6.05. The van der Waals surface area contributed by atoms with Crippen molar-refractivity contribution in [1.82, 2.24) is 9.88 Å². The molecule has 2 aromatic carbocycles. The van der Waals surface area contributed by atoms with Crippen LogP contribution in [-0.4, -0.2) is 40.8 Å². The zero-order chi connectivity index (χ0) is 19.5. The highest BCUT2D eigenvalue weighted by atomic mass is 35.5. The van der Waals surface area contributed by atoms with Crippen molar-refractivity contribution in [3.8, 4) is 5.88 Å². The number of nitrogens with zero attached hydrogens (tertiary/aromatic N) is 2. The first-order valence-corrected chi connectivity index (χ1v) is 9.26. The number of pyridine rings is 1. The molecule has 6 heteroatoms. The van der Waals surface area contributed by atoms with Gasteiger partial charge in [0.25, 0.3) is 5.91 Å². The standard InChI is InChI=1S/C22H17ClN2O3/c23-19-11-6-12-24-21(19)28-16-13-25(14-16)22(27)18-10-5-4-9-17(18)20(26)15-7-2-1-3-8-15/h1-12,16H,13-14H2. The predicted molar refractivity (Wildman–Crippen MR) is 106 cm³/mol. The monoisotopic (exact) mass is 392 g/mol. The van der Waals surface area contributed by atoms with E-state index in [4.69, 9.17) is 16.3 Å². The number of ether oxygens (including phenoxy) is 1. The smallest absolute Gasteiger partial charge is 0.254 e. The van der Waals surface area contributed by atoms with Gasteiger partial charge in [-0.05, 0) is 18.2 Å². The van der Waals surface area contributed by atoms with Gasteiger partial charge >= 0.3 is 0 Å². The summed E-state index contributed by atoms with van der Waals surface area (Å²) in [5.74, 6) is 0.00547. The van der Waals surface area contributed by atoms with Gasteiger partial charge < -0.3 is 9.64 Å². The van der Waals surface area contributed by atoms with Crippen LogP contribution >= 0.6 is 11.6 Å². The summed E-state index contributed by atoms with van der Waals surface area (Å²) in [6, 6.07) is 19.3. The van der Waals surface area contributed by atoms with E-state index in [1.54, 1.807) is 71.8 Å². The van der Waals surface area contributed by atoms with Crippen molar-refractivity contribution in [3.05, 3.63) is 94.6 Å². The van der Waals surface area contributed by atoms with Gasteiger partial charge in [-0.2, -0.15) is 0 Å². The Labute approximate surface area is 167 Å². The number of benzene rings is 2. The summed E-state index contributed by atoms with van der Waals surface area (Å²) in [5.41, 5.74) is 1.35. The third-order valence-electron chi connectivity index (χ3n) is 4.58. The van der Waals surface area contributed by atoms with Crippen LogP contribution in [-0.2, 0) is 0 Å². The summed E-state index contributed by atoms with van der Waals surface area (Å²) in [4.78, 5) is 31.5. The molecule has 0 atom stereocenters. The highest BCUT2D eigenvalue weighted by molar-refractivity contribution is 6.31. The summed E-state index contributed by atoms with van der Waals surface area (Å²) in [6.45, 7) is 0.833. The van der Waals surface area contributed by atoms with Crippen LogP contribution in [0.25, 0.3) is 0 Å². The molecule has 4 rings (SSSR count). The van der Waals surface area contributed by atoms with Crippen LogP contribution < -0.4 is 4.74 Å². The molecule has 1 amide bonds. The van der Waals surface area contributed by atoms with E-state index in [1.807, 2.05) is 6.07 Å². The van der Waals surface area contributed by atoms with Crippen molar-refractivity contribution in [2.24, 2.45) is 0 Å². The minimum atomic E-state index is -0.188. The SMILES string of the molecule is O=C(c1ccccc1)c1ccccc1C(=O)N1CC(Oc2ncccc2Cl)C1. The lowest BCUT2D eigenvalue weighted by atomic mass is 9.96. The Hall–Kier alpha value is -3.18. The number of amides is 1. The Morgan fingerprint density at radius 1 is 0.929 bits per heavy atom. The Morgan fingerprint density at radius 3 is 2.32 bits per heavy atom. The van der Waals surface area contributed by atoms with E-state index in [1.165, 1.54) is 0 Å². The summed E-state index contributed by atoms with van der Waals surface area (Å²) in [7, 11) is 0. The molecule has 1 saturated heterocycles. The van der Waals surface area contributed by atoms with Gasteiger partial charge in [-0.25, -0.2) is 4.98 Å². The molecule has 1 aliphatic rings. The molecule has 140 valence electrons. The van der Waals surface area contributed by atoms with Crippen molar-refractivity contribution in [2.45, 2.75) is 6.10 Å². The number of likely N-dealkylation sites (tertiary alicyclic amines) is 1. The van der Waals surface area contributed by atoms with Crippen molar-refractivity contribution in [1.29, 1.82) is 0 Å². The normalized spacial score (nSPS) is 13.7. The van der Waals surface area contributed by atoms with Crippen LogP contribution in [0.3, 0.4) is 0 Å². The molecule has 0 radical (unpaired) electrons.